The first-order valence-corrected chi connectivity index (χ1v) is 10.9. The van der Waals surface area contributed by atoms with Crippen LogP contribution in [0.25, 0.3) is 0 Å². The summed E-state index contributed by atoms with van der Waals surface area (Å²) in [6.45, 7) is 1.43. The van der Waals surface area contributed by atoms with E-state index in [4.69, 9.17) is 23.2 Å². The van der Waals surface area contributed by atoms with Crippen LogP contribution in [-0.2, 0) is 4.79 Å². The lowest BCUT2D eigenvalue weighted by Gasteiger charge is -2.45. The average Bonchev–Trinajstić information content (AvgIpc) is 3.18. The van der Waals surface area contributed by atoms with Crippen LogP contribution < -0.4 is 0 Å². The largest absolute Gasteiger partial charge is 0.338 e. The van der Waals surface area contributed by atoms with Gasteiger partial charge in [-0.05, 0) is 62.6 Å². The fraction of sp³-hybridized carbons (Fsp3) is 0.619. The molecule has 0 N–H and O–H groups in total. The second-order valence-electron chi connectivity index (χ2n) is 8.07. The first-order chi connectivity index (χ1) is 13.1. The van der Waals surface area contributed by atoms with Crippen LogP contribution in [0.4, 0.5) is 0 Å². The SMILES string of the molecule is O=C(c1cc(Cl)ccc1Cl)N1CCCC1C(=O)N1CCCC2CCCCC21. The molecule has 2 heterocycles. The van der Waals surface area contributed by atoms with Crippen LogP contribution in [0, 0.1) is 5.92 Å². The van der Waals surface area contributed by atoms with E-state index in [0.717, 1.165) is 32.2 Å². The van der Waals surface area contributed by atoms with Gasteiger partial charge in [0.25, 0.3) is 5.91 Å². The predicted octanol–water partition coefficient (Wildman–Crippen LogP) is 4.78. The van der Waals surface area contributed by atoms with E-state index in [1.807, 2.05) is 0 Å². The van der Waals surface area contributed by atoms with E-state index in [1.54, 1.807) is 23.1 Å². The van der Waals surface area contributed by atoms with Gasteiger partial charge in [-0.2, -0.15) is 0 Å². The molecule has 0 spiro atoms. The zero-order valence-electron chi connectivity index (χ0n) is 15.5. The Morgan fingerprint density at radius 1 is 0.889 bits per heavy atom. The molecule has 2 saturated heterocycles. The lowest BCUT2D eigenvalue weighted by molar-refractivity contribution is -0.141. The summed E-state index contributed by atoms with van der Waals surface area (Å²) in [4.78, 5) is 30.4. The van der Waals surface area contributed by atoms with Crippen molar-refractivity contribution in [3.63, 3.8) is 0 Å². The summed E-state index contributed by atoms with van der Waals surface area (Å²) < 4.78 is 0. The van der Waals surface area contributed by atoms with Crippen molar-refractivity contribution in [2.45, 2.75) is 63.5 Å². The molecule has 0 bridgehead atoms. The fourth-order valence-electron chi connectivity index (χ4n) is 5.17. The highest BCUT2D eigenvalue weighted by atomic mass is 35.5. The zero-order valence-corrected chi connectivity index (χ0v) is 17.0. The number of hydrogen-bond donors (Lipinski definition) is 0. The molecule has 1 aromatic carbocycles. The van der Waals surface area contributed by atoms with Crippen LogP contribution in [0.1, 0.15) is 61.7 Å². The predicted molar refractivity (Wildman–Crippen MR) is 107 cm³/mol. The Bertz CT molecular complexity index is 737. The van der Waals surface area contributed by atoms with E-state index in [0.29, 0.717) is 34.1 Å². The minimum absolute atomic E-state index is 0.135. The molecular weight excluding hydrogens is 383 g/mol. The van der Waals surface area contributed by atoms with Crippen molar-refractivity contribution in [1.82, 2.24) is 9.80 Å². The van der Waals surface area contributed by atoms with Crippen LogP contribution in [0.3, 0.4) is 0 Å². The number of benzene rings is 1. The Kier molecular flexibility index (Phi) is 5.65. The van der Waals surface area contributed by atoms with Gasteiger partial charge in [-0.15, -0.1) is 0 Å². The van der Waals surface area contributed by atoms with E-state index >= 15 is 0 Å². The third kappa shape index (κ3) is 3.71. The number of hydrogen-bond acceptors (Lipinski definition) is 2. The molecule has 146 valence electrons. The van der Waals surface area contributed by atoms with Gasteiger partial charge in [0, 0.05) is 24.2 Å². The van der Waals surface area contributed by atoms with Crippen molar-refractivity contribution >= 4 is 35.0 Å². The maximum atomic E-state index is 13.4. The molecule has 4 rings (SSSR count). The van der Waals surface area contributed by atoms with Gasteiger partial charge in [0.05, 0.1) is 10.6 Å². The number of nitrogens with zero attached hydrogens (tertiary/aromatic N) is 2. The van der Waals surface area contributed by atoms with Gasteiger partial charge < -0.3 is 9.80 Å². The first kappa shape index (κ1) is 19.1. The Morgan fingerprint density at radius 2 is 1.59 bits per heavy atom. The maximum Gasteiger partial charge on any atom is 0.256 e. The highest BCUT2D eigenvalue weighted by Crippen LogP contribution is 2.37. The van der Waals surface area contributed by atoms with E-state index in [2.05, 4.69) is 4.90 Å². The van der Waals surface area contributed by atoms with Crippen molar-refractivity contribution in [3.8, 4) is 0 Å². The smallest absolute Gasteiger partial charge is 0.256 e. The normalized spacial score (nSPS) is 28.1. The van der Waals surface area contributed by atoms with Gasteiger partial charge in [0.2, 0.25) is 5.91 Å². The summed E-state index contributed by atoms with van der Waals surface area (Å²) in [5.74, 6) is 0.593. The van der Waals surface area contributed by atoms with Crippen molar-refractivity contribution in [2.24, 2.45) is 5.92 Å². The highest BCUT2D eigenvalue weighted by molar-refractivity contribution is 6.35. The second-order valence-corrected chi connectivity index (χ2v) is 8.91. The number of amides is 2. The first-order valence-electron chi connectivity index (χ1n) is 10.1. The molecular formula is C21H26Cl2N2O2. The molecule has 0 radical (unpaired) electrons. The molecule has 1 aliphatic carbocycles. The number of carbonyl (C=O) groups excluding carboxylic acids is 2. The average molecular weight is 409 g/mol. The van der Waals surface area contributed by atoms with Crippen LogP contribution >= 0.6 is 23.2 Å². The fourth-order valence-corrected chi connectivity index (χ4v) is 5.54. The molecule has 6 heteroatoms. The van der Waals surface area contributed by atoms with Crippen LogP contribution in [0.2, 0.25) is 10.0 Å². The number of carbonyl (C=O) groups is 2. The van der Waals surface area contributed by atoms with E-state index in [1.165, 1.54) is 25.7 Å². The number of halogens is 2. The van der Waals surface area contributed by atoms with Gasteiger partial charge in [-0.1, -0.05) is 36.0 Å². The molecule has 3 fully saturated rings. The van der Waals surface area contributed by atoms with Crippen LogP contribution in [-0.4, -0.2) is 46.8 Å². The van der Waals surface area contributed by atoms with Gasteiger partial charge in [-0.25, -0.2) is 0 Å². The van der Waals surface area contributed by atoms with E-state index in [9.17, 15) is 9.59 Å². The standard InChI is InChI=1S/C21H26Cl2N2O2/c22-15-9-10-17(23)16(13-15)20(26)25-12-4-8-19(25)21(27)24-11-3-6-14-5-1-2-7-18(14)24/h9-10,13-14,18-19H,1-8,11-12H2. The van der Waals surface area contributed by atoms with Crippen LogP contribution in [0.15, 0.2) is 18.2 Å². The summed E-state index contributed by atoms with van der Waals surface area (Å²) in [6, 6.07) is 4.91. The van der Waals surface area contributed by atoms with Crippen LogP contribution in [0.5, 0.6) is 0 Å². The summed E-state index contributed by atoms with van der Waals surface area (Å²) >= 11 is 12.3. The van der Waals surface area contributed by atoms with Crippen molar-refractivity contribution in [3.05, 3.63) is 33.8 Å². The van der Waals surface area contributed by atoms with E-state index < -0.39 is 0 Å². The van der Waals surface area contributed by atoms with Crippen molar-refractivity contribution in [1.29, 1.82) is 0 Å². The van der Waals surface area contributed by atoms with Gasteiger partial charge in [0.1, 0.15) is 6.04 Å². The molecule has 1 saturated carbocycles. The van der Waals surface area contributed by atoms with Gasteiger partial charge in [0.15, 0.2) is 0 Å². The summed E-state index contributed by atoms with van der Waals surface area (Å²) in [5.41, 5.74) is 0.387. The topological polar surface area (TPSA) is 40.6 Å². The Labute approximate surface area is 170 Å². The number of piperidine rings is 1. The third-order valence-electron chi connectivity index (χ3n) is 6.48. The molecule has 4 nitrogen and oxygen atoms in total. The molecule has 3 atom stereocenters. The van der Waals surface area contributed by atoms with Gasteiger partial charge in [-0.3, -0.25) is 9.59 Å². The number of likely N-dealkylation sites (tertiary alicyclic amines) is 2. The minimum atomic E-state index is -0.367. The molecule has 2 amide bonds. The molecule has 2 aliphatic heterocycles. The summed E-state index contributed by atoms with van der Waals surface area (Å²) in [7, 11) is 0. The Balaban J connectivity index is 1.54. The maximum absolute atomic E-state index is 13.4. The Morgan fingerprint density at radius 3 is 2.44 bits per heavy atom. The molecule has 3 aliphatic rings. The molecule has 3 unspecified atom stereocenters. The van der Waals surface area contributed by atoms with Gasteiger partial charge >= 0.3 is 0 Å². The third-order valence-corrected chi connectivity index (χ3v) is 7.05. The lowest BCUT2D eigenvalue weighted by atomic mass is 9.78. The minimum Gasteiger partial charge on any atom is -0.338 e. The number of rotatable bonds is 2. The zero-order chi connectivity index (χ0) is 19.0. The Hall–Kier alpha value is -1.26. The van der Waals surface area contributed by atoms with E-state index in [-0.39, 0.29) is 17.9 Å². The summed E-state index contributed by atoms with van der Waals surface area (Å²) in [5, 5.41) is 0.860. The number of fused-ring (bicyclic) bond motifs is 1. The monoisotopic (exact) mass is 408 g/mol. The lowest BCUT2D eigenvalue weighted by Crippen LogP contribution is -2.55. The van der Waals surface area contributed by atoms with Crippen molar-refractivity contribution < 1.29 is 9.59 Å². The summed E-state index contributed by atoms with van der Waals surface area (Å²) in [6.07, 6.45) is 8.73. The highest BCUT2D eigenvalue weighted by Gasteiger charge is 2.42. The molecule has 0 aromatic heterocycles. The van der Waals surface area contributed by atoms with Crippen molar-refractivity contribution in [2.75, 3.05) is 13.1 Å². The quantitative estimate of drug-likeness (QED) is 0.706. The molecule has 27 heavy (non-hydrogen) atoms. The second kappa shape index (κ2) is 8.00. The molecule has 1 aromatic rings.